The molecule has 0 spiro atoms. The molecule has 1 N–H and O–H groups in total. The molecule has 2 aromatic carbocycles. The Balaban J connectivity index is 1.68. The molecule has 3 aliphatic heterocycles. The number of nitrogens with zero attached hydrogens (tertiary/aromatic N) is 3. The number of rotatable bonds is 1. The van der Waals surface area contributed by atoms with Crippen LogP contribution < -0.4 is 10.4 Å². The van der Waals surface area contributed by atoms with Crippen LogP contribution in [0.3, 0.4) is 0 Å². The van der Waals surface area contributed by atoms with E-state index in [2.05, 4.69) is 0 Å². The van der Waals surface area contributed by atoms with E-state index in [4.69, 9.17) is 4.74 Å². The lowest BCUT2D eigenvalue weighted by Crippen LogP contribution is -2.66. The lowest BCUT2D eigenvalue weighted by Gasteiger charge is -2.51. The molecule has 0 unspecified atom stereocenters. The number of benzene rings is 2. The molecule has 3 aromatic rings. The number of ether oxygens (including phenoxy) is 1. The topological polar surface area (TPSA) is 75.0 Å². The molecule has 6 rings (SSSR count). The van der Waals surface area contributed by atoms with Gasteiger partial charge in [-0.25, -0.2) is 8.78 Å². The number of carbonyl (C=O) groups excluding carboxylic acids is 1. The summed E-state index contributed by atoms with van der Waals surface area (Å²) in [6, 6.07) is 11.1. The van der Waals surface area contributed by atoms with Gasteiger partial charge in [-0.15, -0.1) is 11.8 Å². The number of amides is 1. The van der Waals surface area contributed by atoms with Gasteiger partial charge in [-0.1, -0.05) is 24.3 Å². The van der Waals surface area contributed by atoms with Crippen molar-refractivity contribution in [1.82, 2.24) is 9.58 Å². The van der Waals surface area contributed by atoms with Gasteiger partial charge in [-0.3, -0.25) is 19.3 Å². The maximum Gasteiger partial charge on any atom is 0.278 e. The van der Waals surface area contributed by atoms with Crippen molar-refractivity contribution in [2.45, 2.75) is 36.4 Å². The first-order valence-corrected chi connectivity index (χ1v) is 13.3. The molecule has 3 aliphatic rings. The second-order valence-electron chi connectivity index (χ2n) is 9.33. The number of hydrogen-bond donors (Lipinski definition) is 1. The van der Waals surface area contributed by atoms with E-state index in [-0.39, 0.29) is 18.8 Å². The van der Waals surface area contributed by atoms with Gasteiger partial charge < -0.3 is 14.7 Å². The molecule has 1 amide bonds. The van der Waals surface area contributed by atoms with E-state index < -0.39 is 40.9 Å². The maximum atomic E-state index is 15.4. The van der Waals surface area contributed by atoms with Crippen molar-refractivity contribution in [2.75, 3.05) is 30.5 Å². The highest BCUT2D eigenvalue weighted by Crippen LogP contribution is 2.42. The molecule has 0 aliphatic carbocycles. The van der Waals surface area contributed by atoms with Crippen molar-refractivity contribution in [2.24, 2.45) is 0 Å². The van der Waals surface area contributed by atoms with Crippen molar-refractivity contribution < 1.29 is 23.4 Å². The van der Waals surface area contributed by atoms with E-state index in [0.29, 0.717) is 30.6 Å². The van der Waals surface area contributed by atoms with Gasteiger partial charge in [0.2, 0.25) is 5.43 Å². The molecule has 4 heterocycles. The number of hydrogen-bond acceptors (Lipinski definition) is 6. The zero-order valence-electron chi connectivity index (χ0n) is 19.9. The molecule has 1 fully saturated rings. The minimum atomic E-state index is -0.907. The molecule has 10 heteroatoms. The highest BCUT2D eigenvalue weighted by atomic mass is 32.2. The van der Waals surface area contributed by atoms with Gasteiger partial charge in [0, 0.05) is 23.7 Å². The summed E-state index contributed by atoms with van der Waals surface area (Å²) < 4.78 is 37.2. The Morgan fingerprint density at radius 3 is 2.73 bits per heavy atom. The lowest BCUT2D eigenvalue weighted by atomic mass is 9.90. The lowest BCUT2D eigenvalue weighted by molar-refractivity contribution is -0.0198. The number of fused-ring (bicyclic) bond motifs is 4. The van der Waals surface area contributed by atoms with Crippen LogP contribution in [0.1, 0.15) is 46.1 Å². The predicted molar refractivity (Wildman–Crippen MR) is 135 cm³/mol. The first-order valence-electron chi connectivity index (χ1n) is 12.3. The van der Waals surface area contributed by atoms with Gasteiger partial charge >= 0.3 is 0 Å². The van der Waals surface area contributed by atoms with Gasteiger partial charge in [0.05, 0.1) is 19.3 Å². The van der Waals surface area contributed by atoms with Crippen LogP contribution in [0.15, 0.2) is 58.4 Å². The van der Waals surface area contributed by atoms with Gasteiger partial charge in [-0.05, 0) is 53.8 Å². The van der Waals surface area contributed by atoms with E-state index in [1.54, 1.807) is 22.7 Å². The molecule has 7 nitrogen and oxygen atoms in total. The standard InChI is InChI=1S/C27H25F2N3O4S/c28-19-9-8-17-16(23(19)29)5-3-4-14-37-21-7-2-1-6-18(21)24(17)32-22-15-36-13-12-30(22)27(35)25-26(34)20(33)10-11-31(25)32/h1-2,6-11,22,24,34H,3-5,12-15H2/t22-,24+/m1/s1. The number of halogens is 2. The maximum absolute atomic E-state index is 15.4. The fraction of sp³-hybridized carbons (Fsp3) is 0.333. The van der Waals surface area contributed by atoms with Crippen molar-refractivity contribution in [1.29, 1.82) is 0 Å². The number of pyridine rings is 1. The van der Waals surface area contributed by atoms with Gasteiger partial charge in [0.25, 0.3) is 5.91 Å². The van der Waals surface area contributed by atoms with Crippen LogP contribution in [-0.4, -0.2) is 52.3 Å². The second kappa shape index (κ2) is 9.50. The number of aromatic nitrogens is 1. The molecule has 0 radical (unpaired) electrons. The van der Waals surface area contributed by atoms with Crippen LogP contribution in [0.4, 0.5) is 8.78 Å². The number of morpholine rings is 1. The smallest absolute Gasteiger partial charge is 0.278 e. The molecule has 0 saturated carbocycles. The van der Waals surface area contributed by atoms with Crippen molar-refractivity contribution in [3.8, 4) is 5.75 Å². The molecule has 192 valence electrons. The average Bonchev–Trinajstić information content (AvgIpc) is 2.91. The SMILES string of the molecule is O=C1c2c(O)c(=O)ccn2N([C@@H]2c3ccccc3SCCCCc3c2ccc(F)c3F)[C@@H]2COCCN12. The Morgan fingerprint density at radius 1 is 1.03 bits per heavy atom. The second-order valence-corrected chi connectivity index (χ2v) is 10.5. The number of carbonyl (C=O) groups is 1. The summed E-state index contributed by atoms with van der Waals surface area (Å²) in [4.78, 5) is 28.4. The van der Waals surface area contributed by atoms with Crippen LogP contribution >= 0.6 is 11.8 Å². The number of thioether (sulfide) groups is 1. The largest absolute Gasteiger partial charge is 0.502 e. The summed E-state index contributed by atoms with van der Waals surface area (Å²) in [5.74, 6) is -2.09. The van der Waals surface area contributed by atoms with E-state index in [0.717, 1.165) is 28.7 Å². The molecule has 1 aromatic heterocycles. The minimum absolute atomic E-state index is 0.156. The Bertz CT molecular complexity index is 1450. The van der Waals surface area contributed by atoms with E-state index >= 15 is 4.39 Å². The zero-order valence-corrected chi connectivity index (χ0v) is 20.7. The summed E-state index contributed by atoms with van der Waals surface area (Å²) in [5.41, 5.74) is 0.890. The summed E-state index contributed by atoms with van der Waals surface area (Å²) >= 11 is 1.70. The van der Waals surface area contributed by atoms with Crippen LogP contribution in [0, 0.1) is 11.6 Å². The normalized spacial score (nSPS) is 21.5. The van der Waals surface area contributed by atoms with Gasteiger partial charge in [-0.2, -0.15) is 0 Å². The Labute approximate surface area is 216 Å². The van der Waals surface area contributed by atoms with Gasteiger partial charge in [0.1, 0.15) is 6.17 Å². The fourth-order valence-electron chi connectivity index (χ4n) is 5.53. The average molecular weight is 526 g/mol. The van der Waals surface area contributed by atoms with Crippen LogP contribution in [0.2, 0.25) is 0 Å². The molecule has 2 atom stereocenters. The third-order valence-corrected chi connectivity index (χ3v) is 8.43. The summed E-state index contributed by atoms with van der Waals surface area (Å²) in [5, 5.41) is 12.6. The van der Waals surface area contributed by atoms with Crippen LogP contribution in [-0.2, 0) is 11.2 Å². The van der Waals surface area contributed by atoms with Crippen molar-refractivity contribution in [3.05, 3.63) is 92.9 Å². The third-order valence-electron chi connectivity index (χ3n) is 7.26. The van der Waals surface area contributed by atoms with Crippen LogP contribution in [0.5, 0.6) is 5.75 Å². The van der Waals surface area contributed by atoms with E-state index in [9.17, 15) is 19.1 Å². The summed E-state index contributed by atoms with van der Waals surface area (Å²) in [6.07, 6.45) is 2.74. The van der Waals surface area contributed by atoms with Crippen LogP contribution in [0.25, 0.3) is 0 Å². The fourth-order valence-corrected chi connectivity index (χ4v) is 6.62. The minimum Gasteiger partial charge on any atom is -0.502 e. The predicted octanol–water partition coefficient (Wildman–Crippen LogP) is 3.80. The quantitative estimate of drug-likeness (QED) is 0.521. The van der Waals surface area contributed by atoms with Gasteiger partial charge in [0.15, 0.2) is 23.1 Å². The molecule has 1 saturated heterocycles. The Hall–Kier alpha value is -3.37. The van der Waals surface area contributed by atoms with Crippen molar-refractivity contribution in [3.63, 3.8) is 0 Å². The first kappa shape index (κ1) is 24.0. The molecular weight excluding hydrogens is 500 g/mol. The molecule has 0 bridgehead atoms. The molecule has 37 heavy (non-hydrogen) atoms. The highest BCUT2D eigenvalue weighted by Gasteiger charge is 2.45. The Morgan fingerprint density at radius 2 is 1.86 bits per heavy atom. The third kappa shape index (κ3) is 3.90. The first-order chi connectivity index (χ1) is 18.0. The number of aromatic hydroxyl groups is 1. The van der Waals surface area contributed by atoms with E-state index in [1.165, 1.54) is 16.9 Å². The summed E-state index contributed by atoms with van der Waals surface area (Å²) in [7, 11) is 0. The zero-order chi connectivity index (χ0) is 25.7. The highest BCUT2D eigenvalue weighted by molar-refractivity contribution is 7.99. The Kier molecular flexibility index (Phi) is 6.16. The van der Waals surface area contributed by atoms with Crippen molar-refractivity contribution >= 4 is 17.7 Å². The molecular formula is C27H25F2N3O4S. The monoisotopic (exact) mass is 525 g/mol. The van der Waals surface area contributed by atoms with E-state index in [1.807, 2.05) is 29.3 Å². The summed E-state index contributed by atoms with van der Waals surface area (Å²) in [6.45, 7) is 0.737.